The van der Waals surface area contributed by atoms with Crippen LogP contribution in [0.4, 0.5) is 0 Å². The second kappa shape index (κ2) is 13.9. The number of benzene rings is 2. The van der Waals surface area contributed by atoms with Crippen LogP contribution in [-0.2, 0) is 10.0 Å². The summed E-state index contributed by atoms with van der Waals surface area (Å²) in [6, 6.07) is 14.4. The molecule has 0 bridgehead atoms. The maximum atomic E-state index is 13.5. The average Bonchev–Trinajstić information content (AvgIpc) is 2.80. The van der Waals surface area contributed by atoms with Gasteiger partial charge in [0.25, 0.3) is 10.0 Å². The minimum absolute atomic E-state index is 0.155. The van der Waals surface area contributed by atoms with E-state index in [2.05, 4.69) is 73.1 Å². The van der Waals surface area contributed by atoms with Crippen molar-refractivity contribution >= 4 is 27.5 Å². The van der Waals surface area contributed by atoms with Crippen molar-refractivity contribution < 1.29 is 8.42 Å². The fraction of sp³-hybridized carbons (Fsp3) is 0.519. The number of rotatable bonds is 13. The van der Waals surface area contributed by atoms with Crippen LogP contribution in [0, 0.1) is 6.92 Å². The molecule has 0 aliphatic rings. The molecule has 2 aromatic rings. The fourth-order valence-electron chi connectivity index (χ4n) is 4.16. The number of nitrogens with zero attached hydrogens (tertiary/aromatic N) is 3. The van der Waals surface area contributed by atoms with Gasteiger partial charge in [-0.3, -0.25) is 4.90 Å². The number of amidine groups is 1. The number of aryl methyl sites for hydroxylation is 1. The first kappa shape index (κ1) is 28.3. The van der Waals surface area contributed by atoms with E-state index in [9.17, 15) is 8.42 Å². The van der Waals surface area contributed by atoms with E-state index in [1.807, 2.05) is 0 Å². The number of sulfonamides is 1. The lowest BCUT2D eigenvalue weighted by molar-refractivity contribution is 0.227. The van der Waals surface area contributed by atoms with Crippen LogP contribution in [0.2, 0.25) is 5.02 Å². The van der Waals surface area contributed by atoms with Crippen molar-refractivity contribution in [1.82, 2.24) is 9.80 Å². The first-order valence-corrected chi connectivity index (χ1v) is 14.2. The van der Waals surface area contributed by atoms with Crippen LogP contribution in [0.3, 0.4) is 0 Å². The molecule has 0 aliphatic heterocycles. The zero-order valence-electron chi connectivity index (χ0n) is 21.3. The summed E-state index contributed by atoms with van der Waals surface area (Å²) in [5, 5.41) is 0.497. The average molecular weight is 506 g/mol. The van der Waals surface area contributed by atoms with E-state index in [0.29, 0.717) is 10.9 Å². The molecule has 0 fully saturated rings. The molecule has 0 aliphatic carbocycles. The first-order valence-electron chi connectivity index (χ1n) is 12.4. The highest BCUT2D eigenvalue weighted by Gasteiger charge is 2.31. The normalized spacial score (nSPS) is 13.3. The predicted octanol–water partition coefficient (Wildman–Crippen LogP) is 6.72. The van der Waals surface area contributed by atoms with E-state index in [-0.39, 0.29) is 10.9 Å². The van der Waals surface area contributed by atoms with Crippen LogP contribution >= 0.6 is 11.6 Å². The van der Waals surface area contributed by atoms with Gasteiger partial charge in [0.15, 0.2) is 0 Å². The van der Waals surface area contributed by atoms with Crippen LogP contribution in [0.1, 0.15) is 70.5 Å². The van der Waals surface area contributed by atoms with Crippen molar-refractivity contribution in [1.29, 1.82) is 0 Å². The summed E-state index contributed by atoms with van der Waals surface area (Å²) in [5.41, 5.74) is 2.24. The number of halogens is 1. The first-order chi connectivity index (χ1) is 16.3. The van der Waals surface area contributed by atoms with Crippen molar-refractivity contribution in [3.63, 3.8) is 0 Å². The molecule has 1 unspecified atom stereocenters. The number of hydrogen-bond acceptors (Lipinski definition) is 3. The zero-order valence-corrected chi connectivity index (χ0v) is 22.9. The third-order valence-electron chi connectivity index (χ3n) is 5.66. The molecule has 0 N–H and O–H groups in total. The van der Waals surface area contributed by atoms with Crippen molar-refractivity contribution in [2.24, 2.45) is 4.40 Å². The maximum absolute atomic E-state index is 13.5. The van der Waals surface area contributed by atoms with E-state index in [0.717, 1.165) is 57.4 Å². The quantitative estimate of drug-likeness (QED) is 0.224. The van der Waals surface area contributed by atoms with E-state index in [1.54, 1.807) is 12.1 Å². The Morgan fingerprint density at radius 3 is 1.79 bits per heavy atom. The van der Waals surface area contributed by atoms with Crippen molar-refractivity contribution in [2.45, 2.75) is 71.2 Å². The van der Waals surface area contributed by atoms with E-state index < -0.39 is 10.0 Å². The fourth-order valence-corrected chi connectivity index (χ4v) is 5.33. The van der Waals surface area contributed by atoms with Crippen LogP contribution < -0.4 is 0 Å². The largest absolute Gasteiger partial charge is 0.358 e. The van der Waals surface area contributed by atoms with Gasteiger partial charge in [-0.1, -0.05) is 69.1 Å². The monoisotopic (exact) mass is 505 g/mol. The molecule has 7 heteroatoms. The second-order valence-corrected chi connectivity index (χ2v) is 10.8. The maximum Gasteiger partial charge on any atom is 0.284 e. The number of hydrogen-bond donors (Lipinski definition) is 0. The Morgan fingerprint density at radius 1 is 0.824 bits per heavy atom. The van der Waals surface area contributed by atoms with Crippen LogP contribution in [0.15, 0.2) is 57.8 Å². The van der Waals surface area contributed by atoms with Gasteiger partial charge in [0.1, 0.15) is 5.84 Å². The summed E-state index contributed by atoms with van der Waals surface area (Å²) < 4.78 is 31.6. The summed E-state index contributed by atoms with van der Waals surface area (Å²) >= 11 is 6.01. The van der Waals surface area contributed by atoms with E-state index in [4.69, 9.17) is 11.6 Å². The summed E-state index contributed by atoms with van der Waals surface area (Å²) in [6.07, 6.45) is 3.76. The highest BCUT2D eigenvalue weighted by Crippen LogP contribution is 2.28. The Labute approximate surface area is 211 Å². The Morgan fingerprint density at radius 2 is 1.32 bits per heavy atom. The molecule has 188 valence electrons. The van der Waals surface area contributed by atoms with E-state index >= 15 is 0 Å². The molecule has 0 radical (unpaired) electrons. The molecule has 1 atom stereocenters. The van der Waals surface area contributed by atoms with Gasteiger partial charge in [-0.15, -0.1) is 4.40 Å². The van der Waals surface area contributed by atoms with Crippen LogP contribution in [0.25, 0.3) is 0 Å². The molecule has 2 rings (SSSR count). The topological polar surface area (TPSA) is 53.0 Å². The van der Waals surface area contributed by atoms with Gasteiger partial charge in [0.2, 0.25) is 0 Å². The molecule has 0 saturated heterocycles. The van der Waals surface area contributed by atoms with Gasteiger partial charge in [0, 0.05) is 18.1 Å². The lowest BCUT2D eigenvalue weighted by Gasteiger charge is -2.37. The van der Waals surface area contributed by atoms with Crippen molar-refractivity contribution in [2.75, 3.05) is 26.2 Å². The van der Waals surface area contributed by atoms with Gasteiger partial charge in [-0.25, -0.2) is 0 Å². The molecule has 34 heavy (non-hydrogen) atoms. The van der Waals surface area contributed by atoms with Crippen LogP contribution in [-0.4, -0.2) is 50.2 Å². The molecule has 0 spiro atoms. The third kappa shape index (κ3) is 7.82. The lowest BCUT2D eigenvalue weighted by Crippen LogP contribution is -2.45. The molecule has 0 saturated carbocycles. The van der Waals surface area contributed by atoms with Crippen LogP contribution in [0.5, 0.6) is 0 Å². The highest BCUT2D eigenvalue weighted by molar-refractivity contribution is 7.90. The predicted molar refractivity (Wildman–Crippen MR) is 144 cm³/mol. The van der Waals surface area contributed by atoms with E-state index in [1.165, 1.54) is 17.7 Å². The van der Waals surface area contributed by atoms with Crippen molar-refractivity contribution in [3.05, 3.63) is 64.7 Å². The molecule has 2 aromatic carbocycles. The van der Waals surface area contributed by atoms with Gasteiger partial charge < -0.3 is 4.90 Å². The Bertz CT molecular complexity index is 993. The smallest absolute Gasteiger partial charge is 0.284 e. The SMILES string of the molecule is CCCN(CCC)C(=NS(=O)(=O)c1ccc(Cl)cc1)C(c1ccc(C)cc1)N(CCC)CCC. The van der Waals surface area contributed by atoms with Gasteiger partial charge in [-0.2, -0.15) is 8.42 Å². The van der Waals surface area contributed by atoms with Gasteiger partial charge in [-0.05, 0) is 75.5 Å². The minimum Gasteiger partial charge on any atom is -0.358 e. The summed E-state index contributed by atoms with van der Waals surface area (Å²) in [7, 11) is -3.92. The Hall–Kier alpha value is -1.89. The summed E-state index contributed by atoms with van der Waals surface area (Å²) in [6.45, 7) is 13.8. The van der Waals surface area contributed by atoms with Crippen molar-refractivity contribution in [3.8, 4) is 0 Å². The lowest BCUT2D eigenvalue weighted by atomic mass is 10.0. The molecule has 0 aromatic heterocycles. The van der Waals surface area contributed by atoms with Gasteiger partial charge >= 0.3 is 0 Å². The zero-order chi connectivity index (χ0) is 25.1. The molecule has 5 nitrogen and oxygen atoms in total. The Kier molecular flexibility index (Phi) is 11.6. The second-order valence-electron chi connectivity index (χ2n) is 8.71. The standard InChI is InChI=1S/C27H40ClN3O2S/c1-6-18-30(19-7-2)26(23-12-10-22(5)11-13-23)27(31(20-8-3)21-9-4)29-34(32,33)25-16-14-24(28)15-17-25/h10-17,26H,6-9,18-21H2,1-5H3. The molecule has 0 amide bonds. The minimum atomic E-state index is -3.92. The highest BCUT2D eigenvalue weighted by atomic mass is 35.5. The van der Waals surface area contributed by atoms with Gasteiger partial charge in [0.05, 0.1) is 10.9 Å². The third-order valence-corrected chi connectivity index (χ3v) is 7.21. The molecular formula is C27H40ClN3O2S. The Balaban J connectivity index is 2.77. The summed E-state index contributed by atoms with van der Waals surface area (Å²) in [4.78, 5) is 4.69. The molecular weight excluding hydrogens is 466 g/mol. The summed E-state index contributed by atoms with van der Waals surface area (Å²) in [5.74, 6) is 0.601. The molecule has 0 heterocycles.